The average Bonchev–Trinajstić information content (AvgIpc) is 2.03. The Hall–Kier alpha value is -0.0800. The Morgan fingerprint density at radius 3 is 2.15 bits per heavy atom. The Kier molecular flexibility index (Phi) is 3.36. The van der Waals surface area contributed by atoms with E-state index in [0.717, 1.165) is 6.67 Å². The van der Waals surface area contributed by atoms with Crippen LogP contribution in [0.2, 0.25) is 0 Å². The summed E-state index contributed by atoms with van der Waals surface area (Å²) in [5, 5.41) is 0. The van der Waals surface area contributed by atoms with Crippen molar-refractivity contribution in [2.45, 2.75) is 52.6 Å². The minimum atomic E-state index is 0.327. The lowest BCUT2D eigenvalue weighted by Gasteiger charge is -2.44. The van der Waals surface area contributed by atoms with Crippen molar-refractivity contribution >= 4 is 0 Å². The lowest BCUT2D eigenvalue weighted by molar-refractivity contribution is 0.00634. The van der Waals surface area contributed by atoms with Gasteiger partial charge in [0.15, 0.2) is 0 Å². The fourth-order valence-electron chi connectivity index (χ4n) is 1.79. The van der Waals surface area contributed by atoms with Crippen LogP contribution in [0.5, 0.6) is 0 Å². The summed E-state index contributed by atoms with van der Waals surface area (Å²) in [7, 11) is 0. The molecular formula is C11H24N2. The van der Waals surface area contributed by atoms with Crippen LogP contribution in [0.3, 0.4) is 0 Å². The standard InChI is InChI=1S/C11H24N2/c1-10(2)12-7-6-8-13(9-12)11(3,4)5/h10H,6-9H2,1-5H3. The van der Waals surface area contributed by atoms with Gasteiger partial charge in [-0.1, -0.05) is 0 Å². The normalized spacial score (nSPS) is 22.6. The number of nitrogens with zero attached hydrogens (tertiary/aromatic N) is 2. The number of hydrogen-bond acceptors (Lipinski definition) is 2. The van der Waals surface area contributed by atoms with E-state index in [9.17, 15) is 0 Å². The van der Waals surface area contributed by atoms with Gasteiger partial charge in [0, 0.05) is 24.7 Å². The van der Waals surface area contributed by atoms with E-state index in [2.05, 4.69) is 44.4 Å². The molecule has 2 nitrogen and oxygen atoms in total. The van der Waals surface area contributed by atoms with Gasteiger partial charge in [0.05, 0.1) is 6.67 Å². The lowest BCUT2D eigenvalue weighted by atomic mass is 10.0. The van der Waals surface area contributed by atoms with Gasteiger partial charge in [0.2, 0.25) is 0 Å². The van der Waals surface area contributed by atoms with Gasteiger partial charge in [-0.3, -0.25) is 9.80 Å². The first-order valence-corrected chi connectivity index (χ1v) is 5.40. The van der Waals surface area contributed by atoms with E-state index in [1.165, 1.54) is 19.5 Å². The molecule has 78 valence electrons. The maximum atomic E-state index is 2.57. The summed E-state index contributed by atoms with van der Waals surface area (Å²) in [5.74, 6) is 0. The van der Waals surface area contributed by atoms with E-state index in [1.54, 1.807) is 0 Å². The van der Waals surface area contributed by atoms with Crippen molar-refractivity contribution in [1.82, 2.24) is 9.80 Å². The van der Waals surface area contributed by atoms with Crippen LogP contribution < -0.4 is 0 Å². The van der Waals surface area contributed by atoms with Crippen molar-refractivity contribution in [1.29, 1.82) is 0 Å². The highest BCUT2D eigenvalue weighted by Crippen LogP contribution is 2.19. The molecule has 0 saturated carbocycles. The van der Waals surface area contributed by atoms with Crippen LogP contribution in [-0.4, -0.2) is 41.1 Å². The van der Waals surface area contributed by atoms with Gasteiger partial charge < -0.3 is 0 Å². The van der Waals surface area contributed by atoms with Gasteiger partial charge in [0.25, 0.3) is 0 Å². The smallest absolute Gasteiger partial charge is 0.0513 e. The molecule has 0 aromatic carbocycles. The summed E-state index contributed by atoms with van der Waals surface area (Å²) >= 11 is 0. The summed E-state index contributed by atoms with van der Waals surface area (Å²) in [6.07, 6.45) is 1.31. The molecule has 0 aromatic heterocycles. The fraction of sp³-hybridized carbons (Fsp3) is 1.00. The molecule has 1 heterocycles. The van der Waals surface area contributed by atoms with Crippen molar-refractivity contribution < 1.29 is 0 Å². The van der Waals surface area contributed by atoms with E-state index in [4.69, 9.17) is 0 Å². The van der Waals surface area contributed by atoms with Gasteiger partial charge in [-0.05, 0) is 41.0 Å². The second kappa shape index (κ2) is 3.97. The predicted molar refractivity (Wildman–Crippen MR) is 57.8 cm³/mol. The highest BCUT2D eigenvalue weighted by molar-refractivity contribution is 4.80. The monoisotopic (exact) mass is 184 g/mol. The molecule has 13 heavy (non-hydrogen) atoms. The van der Waals surface area contributed by atoms with Crippen molar-refractivity contribution in [3.63, 3.8) is 0 Å². The summed E-state index contributed by atoms with van der Waals surface area (Å²) in [6, 6.07) is 0.685. The van der Waals surface area contributed by atoms with E-state index in [1.807, 2.05) is 0 Å². The average molecular weight is 184 g/mol. The van der Waals surface area contributed by atoms with Crippen LogP contribution in [0.1, 0.15) is 41.0 Å². The minimum absolute atomic E-state index is 0.327. The van der Waals surface area contributed by atoms with Gasteiger partial charge in [-0.25, -0.2) is 0 Å². The zero-order valence-electron chi connectivity index (χ0n) is 9.80. The minimum Gasteiger partial charge on any atom is -0.288 e. The van der Waals surface area contributed by atoms with E-state index in [0.29, 0.717) is 11.6 Å². The molecule has 0 radical (unpaired) electrons. The molecule has 0 N–H and O–H groups in total. The predicted octanol–water partition coefficient (Wildman–Crippen LogP) is 2.16. The van der Waals surface area contributed by atoms with Crippen molar-refractivity contribution in [3.05, 3.63) is 0 Å². The van der Waals surface area contributed by atoms with Crippen LogP contribution >= 0.6 is 0 Å². The Labute approximate surface area is 82.9 Å². The van der Waals surface area contributed by atoms with Gasteiger partial charge >= 0.3 is 0 Å². The summed E-state index contributed by atoms with van der Waals surface area (Å²) in [5.41, 5.74) is 0.327. The maximum Gasteiger partial charge on any atom is 0.0513 e. The van der Waals surface area contributed by atoms with E-state index in [-0.39, 0.29) is 0 Å². The van der Waals surface area contributed by atoms with Gasteiger partial charge in [-0.2, -0.15) is 0 Å². The maximum absolute atomic E-state index is 2.57. The summed E-state index contributed by atoms with van der Waals surface area (Å²) in [4.78, 5) is 5.12. The molecule has 1 aliphatic heterocycles. The zero-order chi connectivity index (χ0) is 10.1. The Morgan fingerprint density at radius 2 is 1.69 bits per heavy atom. The van der Waals surface area contributed by atoms with E-state index < -0.39 is 0 Å². The molecule has 0 aliphatic carbocycles. The first-order valence-electron chi connectivity index (χ1n) is 5.40. The molecule has 0 unspecified atom stereocenters. The second-order valence-corrected chi connectivity index (χ2v) is 5.34. The Bertz CT molecular complexity index is 158. The topological polar surface area (TPSA) is 6.48 Å². The molecular weight excluding hydrogens is 160 g/mol. The Balaban J connectivity index is 2.52. The van der Waals surface area contributed by atoms with Crippen molar-refractivity contribution in [2.24, 2.45) is 0 Å². The molecule has 1 rings (SSSR count). The molecule has 0 aromatic rings. The van der Waals surface area contributed by atoms with E-state index >= 15 is 0 Å². The van der Waals surface area contributed by atoms with Crippen LogP contribution in [-0.2, 0) is 0 Å². The fourth-order valence-corrected chi connectivity index (χ4v) is 1.79. The second-order valence-electron chi connectivity index (χ2n) is 5.34. The summed E-state index contributed by atoms with van der Waals surface area (Å²) in [6.45, 7) is 15.1. The Morgan fingerprint density at radius 1 is 1.08 bits per heavy atom. The molecule has 2 heteroatoms. The lowest BCUT2D eigenvalue weighted by Crippen LogP contribution is -2.54. The van der Waals surface area contributed by atoms with Gasteiger partial charge in [-0.15, -0.1) is 0 Å². The van der Waals surface area contributed by atoms with Gasteiger partial charge in [0.1, 0.15) is 0 Å². The summed E-state index contributed by atoms with van der Waals surface area (Å²) < 4.78 is 0. The quantitative estimate of drug-likeness (QED) is 0.616. The van der Waals surface area contributed by atoms with Crippen LogP contribution in [0.25, 0.3) is 0 Å². The molecule has 1 aliphatic rings. The van der Waals surface area contributed by atoms with Crippen molar-refractivity contribution in [2.75, 3.05) is 19.8 Å². The largest absolute Gasteiger partial charge is 0.288 e. The van der Waals surface area contributed by atoms with Crippen LogP contribution in [0.4, 0.5) is 0 Å². The molecule has 0 spiro atoms. The third-order valence-electron chi connectivity index (χ3n) is 2.90. The molecule has 1 fully saturated rings. The van der Waals surface area contributed by atoms with Crippen molar-refractivity contribution in [3.8, 4) is 0 Å². The number of rotatable bonds is 1. The SMILES string of the molecule is CC(C)N1CCCN(C(C)(C)C)C1. The number of hydrogen-bond donors (Lipinski definition) is 0. The van der Waals surface area contributed by atoms with Crippen LogP contribution in [0, 0.1) is 0 Å². The zero-order valence-corrected chi connectivity index (χ0v) is 9.80. The van der Waals surface area contributed by atoms with Crippen LogP contribution in [0.15, 0.2) is 0 Å². The highest BCUT2D eigenvalue weighted by atomic mass is 15.4. The molecule has 0 bridgehead atoms. The first-order chi connectivity index (χ1) is 5.91. The third-order valence-corrected chi connectivity index (χ3v) is 2.90. The third kappa shape index (κ3) is 2.96. The molecule has 0 atom stereocenters. The molecule has 0 amide bonds. The first kappa shape index (κ1) is 11.0. The highest BCUT2D eigenvalue weighted by Gasteiger charge is 2.27. The molecule has 1 saturated heterocycles.